The Labute approximate surface area is 647 Å². The Morgan fingerprint density at radius 1 is 0.537 bits per heavy atom. The van der Waals surface area contributed by atoms with Gasteiger partial charge in [0.05, 0.1) is 25.0 Å². The normalized spacial score (nSPS) is 20.1. The quantitative estimate of drug-likeness (QED) is 0.0467. The van der Waals surface area contributed by atoms with Crippen molar-refractivity contribution < 1.29 is 67.6 Å². The van der Waals surface area contributed by atoms with Crippen molar-refractivity contribution in [3.63, 3.8) is 0 Å². The van der Waals surface area contributed by atoms with Gasteiger partial charge < -0.3 is 83.7 Å². The van der Waals surface area contributed by atoms with Gasteiger partial charge in [-0.05, 0) is 259 Å². The van der Waals surface area contributed by atoms with Crippen LogP contribution in [0.3, 0.4) is 0 Å². The molecule has 0 unspecified atom stereocenters. The minimum absolute atomic E-state index is 0.0167. The summed E-state index contributed by atoms with van der Waals surface area (Å²) in [6.07, 6.45) is 13.5. The third-order valence-electron chi connectivity index (χ3n) is 22.5. The number of aliphatic hydroxyl groups is 1. The maximum atomic E-state index is 13.6. The van der Waals surface area contributed by atoms with E-state index in [0.717, 1.165) is 112 Å². The van der Waals surface area contributed by atoms with Crippen LogP contribution in [0.2, 0.25) is 0 Å². The first-order valence-corrected chi connectivity index (χ1v) is 39.8. The zero-order chi connectivity index (χ0) is 80.2. The molecular formula is C81H141N13O14. The van der Waals surface area contributed by atoms with Gasteiger partial charge in [0, 0.05) is 132 Å². The number of benzene rings is 2. The zero-order valence-electron chi connectivity index (χ0n) is 69.3. The summed E-state index contributed by atoms with van der Waals surface area (Å²) in [6, 6.07) is 18.4. The number of carbonyl (C=O) groups is 8. The number of hydrogen-bond acceptors (Lipinski definition) is 20. The van der Waals surface area contributed by atoms with Crippen molar-refractivity contribution in [3.05, 3.63) is 59.7 Å². The standard InChI is InChI=1S/C26H38N2O6.C23H35N3O6.C9H18N2O.C8H16N2O.C8H18N2.C7H16N2/c1-6-32-21-12-10-19(11-13-21)8-7-9-22(23-25(31)34-26(3,4)33-23)24(30)28-16-14-20(15-17-28)27(5)18(2)29;1-4-32-19-10-8-17(9-11-19)6-5-7-20(21(28)22(29)24-31)23(30)26-14-12-18(13-15-26)25(3)16(2)27;1-8(12)11(3)9-4-6-10(2)7-5-9;1-7(11)10(2)8-3-5-9-6-4-8;1-9(2)8-4-6-10(3)7-5-8;1-8-7-3-5-9(2)6-4-7/h10-13,20,22-23H,6-9,14-17H2,1-5H3;8-11,18,20-21,28,31H,4-7,12-15H2,1-3H3,(H,24,29);9H,4-7H2,1-3H3;8-9H,3-6H2,1-2H3;8H,4-7H2,1-3H3;7-8H,3-6H2,1-2H3/t22-,23+;20-,21+;;;;/m11..../s1. The molecule has 7 saturated heterocycles. The highest BCUT2D eigenvalue weighted by Gasteiger charge is 2.49. The average Bonchev–Trinajstić information content (AvgIpc) is 1.62. The molecule has 0 spiro atoms. The van der Waals surface area contributed by atoms with Crippen molar-refractivity contribution in [1.29, 1.82) is 0 Å². The monoisotopic (exact) mass is 1520 g/mol. The lowest BCUT2D eigenvalue weighted by Crippen LogP contribution is -2.51. The molecule has 0 radical (unpaired) electrons. The van der Waals surface area contributed by atoms with Gasteiger partial charge in [-0.1, -0.05) is 24.3 Å². The van der Waals surface area contributed by atoms with E-state index in [1.807, 2.05) is 91.2 Å². The van der Waals surface area contributed by atoms with E-state index in [4.69, 9.17) is 24.2 Å². The van der Waals surface area contributed by atoms with Gasteiger partial charge in [-0.15, -0.1) is 0 Å². The molecule has 7 amide bonds. The number of rotatable bonds is 23. The Hall–Kier alpha value is -6.56. The van der Waals surface area contributed by atoms with E-state index < -0.39 is 41.7 Å². The Kier molecular flexibility index (Phi) is 42.5. The van der Waals surface area contributed by atoms with Gasteiger partial charge in [-0.3, -0.25) is 38.8 Å². The summed E-state index contributed by atoms with van der Waals surface area (Å²) in [5.74, 6) is -2.43. The van der Waals surface area contributed by atoms with Crippen LogP contribution in [-0.2, 0) is 60.7 Å². The van der Waals surface area contributed by atoms with Gasteiger partial charge in [-0.25, -0.2) is 10.3 Å². The number of esters is 1. The van der Waals surface area contributed by atoms with Gasteiger partial charge in [0.2, 0.25) is 41.2 Å². The second kappa shape index (κ2) is 49.0. The fourth-order valence-corrected chi connectivity index (χ4v) is 14.7. The second-order valence-corrected chi connectivity index (χ2v) is 30.9. The first-order chi connectivity index (χ1) is 51.2. The van der Waals surface area contributed by atoms with Crippen LogP contribution in [-0.4, -0.2) is 323 Å². The van der Waals surface area contributed by atoms with E-state index in [-0.39, 0.29) is 47.5 Å². The minimum Gasteiger partial charge on any atom is -0.494 e. The number of hydrogen-bond donors (Lipinski definition) is 5. The summed E-state index contributed by atoms with van der Waals surface area (Å²) in [6.45, 7) is 26.2. The lowest BCUT2D eigenvalue weighted by Gasteiger charge is -2.38. The van der Waals surface area contributed by atoms with E-state index in [9.17, 15) is 43.5 Å². The van der Waals surface area contributed by atoms with Crippen LogP contribution in [0.1, 0.15) is 169 Å². The molecule has 27 heteroatoms. The molecule has 7 aliphatic rings. The molecule has 0 aromatic heterocycles. The number of carbonyl (C=O) groups excluding carboxylic acids is 8. The van der Waals surface area contributed by atoms with Gasteiger partial charge in [-0.2, -0.15) is 0 Å². The zero-order valence-corrected chi connectivity index (χ0v) is 69.3. The molecule has 9 rings (SSSR count). The van der Waals surface area contributed by atoms with Crippen LogP contribution < -0.4 is 25.6 Å². The SMILES string of the molecule is CC(=O)N(C)C1CCN(C)CC1.CC(=O)N(C)C1CCNCC1.CCOc1ccc(CCC[C@@H](C(=O)N2CCC(N(C)C(C)=O)CC2)[C@@H]2OC(C)(C)OC2=O)cc1.CCOc1ccc(CCC[C@@H](C(=O)N2CCC(N(C)C(C)=O)CC2)[C@H](O)C(=O)NO)cc1.CN1CCC(N(C)C)CC1.CNC1CCN(C)CC1. The lowest BCUT2D eigenvalue weighted by molar-refractivity contribution is -0.163. The van der Waals surface area contributed by atoms with Gasteiger partial charge in [0.25, 0.3) is 5.91 Å². The van der Waals surface area contributed by atoms with Crippen LogP contribution in [0.25, 0.3) is 0 Å². The molecule has 2 aromatic carbocycles. The molecule has 5 N–H and O–H groups in total. The van der Waals surface area contributed by atoms with Crippen LogP contribution in [0.4, 0.5) is 0 Å². The molecule has 614 valence electrons. The number of ether oxygens (including phenoxy) is 4. The number of cyclic esters (lactones) is 1. The van der Waals surface area contributed by atoms with E-state index >= 15 is 0 Å². The maximum absolute atomic E-state index is 13.6. The van der Waals surface area contributed by atoms with Crippen molar-refractivity contribution >= 4 is 47.3 Å². The number of nitrogens with one attached hydrogen (secondary N) is 3. The number of amides is 7. The summed E-state index contributed by atoms with van der Waals surface area (Å²) < 4.78 is 22.2. The highest BCUT2D eigenvalue weighted by atomic mass is 16.8. The molecule has 7 fully saturated rings. The van der Waals surface area contributed by atoms with Crippen molar-refractivity contribution in [1.82, 2.24) is 65.1 Å². The van der Waals surface area contributed by atoms with Gasteiger partial charge in [0.15, 0.2) is 6.10 Å². The van der Waals surface area contributed by atoms with Crippen molar-refractivity contribution in [3.8, 4) is 11.5 Å². The summed E-state index contributed by atoms with van der Waals surface area (Å²) in [4.78, 5) is 116. The topological polar surface area (TPSA) is 282 Å². The molecule has 0 saturated carbocycles. The van der Waals surface area contributed by atoms with Crippen LogP contribution >= 0.6 is 0 Å². The summed E-state index contributed by atoms with van der Waals surface area (Å²) in [5.41, 5.74) is 3.66. The molecular weight excluding hydrogens is 1380 g/mol. The highest BCUT2D eigenvalue weighted by Crippen LogP contribution is 2.33. The second-order valence-electron chi connectivity index (χ2n) is 30.9. The first kappa shape index (κ1) is 93.8. The molecule has 7 heterocycles. The number of likely N-dealkylation sites (tertiary alicyclic amines) is 5. The number of aryl methyl sites for hydroxylation is 2. The Bertz CT molecular complexity index is 2960. The first-order valence-electron chi connectivity index (χ1n) is 39.8. The molecule has 0 aliphatic carbocycles. The number of aliphatic hydroxyl groups excluding tert-OH is 1. The van der Waals surface area contributed by atoms with Crippen LogP contribution in [0.15, 0.2) is 48.5 Å². The van der Waals surface area contributed by atoms with Crippen LogP contribution in [0, 0.1) is 11.8 Å². The summed E-state index contributed by atoms with van der Waals surface area (Å²) in [5, 5.41) is 25.9. The third kappa shape index (κ3) is 32.8. The predicted molar refractivity (Wildman–Crippen MR) is 422 cm³/mol. The molecule has 2 aromatic rings. The third-order valence-corrected chi connectivity index (χ3v) is 22.5. The maximum Gasteiger partial charge on any atom is 0.338 e. The Morgan fingerprint density at radius 3 is 1.23 bits per heavy atom. The van der Waals surface area contributed by atoms with Gasteiger partial charge in [0.1, 0.15) is 17.6 Å². The molecule has 4 atom stereocenters. The van der Waals surface area contributed by atoms with E-state index in [1.54, 1.807) is 63.4 Å². The molecule has 7 aliphatic heterocycles. The molecule has 0 bridgehead atoms. The van der Waals surface area contributed by atoms with E-state index in [1.165, 1.54) is 64.3 Å². The number of piperidine rings is 6. The van der Waals surface area contributed by atoms with Gasteiger partial charge >= 0.3 is 5.97 Å². The molecule has 27 nitrogen and oxygen atoms in total. The number of nitrogens with zero attached hydrogens (tertiary/aromatic N) is 10. The minimum atomic E-state index is -1.63. The summed E-state index contributed by atoms with van der Waals surface area (Å²) in [7, 11) is 20.3. The Balaban J connectivity index is 0.000000300. The van der Waals surface area contributed by atoms with E-state index in [0.29, 0.717) is 90.0 Å². The van der Waals surface area contributed by atoms with E-state index in [2.05, 4.69) is 72.5 Å². The van der Waals surface area contributed by atoms with Crippen molar-refractivity contribution in [2.45, 2.75) is 225 Å². The van der Waals surface area contributed by atoms with Crippen molar-refractivity contribution in [2.75, 3.05) is 162 Å². The highest BCUT2D eigenvalue weighted by molar-refractivity contribution is 5.89. The fourth-order valence-electron chi connectivity index (χ4n) is 14.7. The Morgan fingerprint density at radius 2 is 0.889 bits per heavy atom. The average molecular weight is 1520 g/mol. The lowest BCUT2D eigenvalue weighted by atomic mass is 9.91. The summed E-state index contributed by atoms with van der Waals surface area (Å²) >= 11 is 0. The van der Waals surface area contributed by atoms with Crippen molar-refractivity contribution in [2.24, 2.45) is 11.8 Å². The smallest absolute Gasteiger partial charge is 0.338 e. The van der Waals surface area contributed by atoms with Crippen LogP contribution in [0.5, 0.6) is 11.5 Å². The fraction of sp³-hybridized carbons (Fsp3) is 0.753. The largest absolute Gasteiger partial charge is 0.494 e. The number of hydroxylamine groups is 1. The molecule has 108 heavy (non-hydrogen) atoms. The predicted octanol–water partition coefficient (Wildman–Crippen LogP) is 6.25.